The van der Waals surface area contributed by atoms with Crippen molar-refractivity contribution in [3.8, 4) is 0 Å². The molecule has 2 rings (SSSR count). The molecule has 1 heterocycles. The number of hydrogen-bond acceptors (Lipinski definition) is 1. The molecule has 0 bridgehead atoms. The fraction of sp³-hybridized carbons (Fsp3) is 0.385. The zero-order chi connectivity index (χ0) is 10.8. The monoisotopic (exact) mass is 202 g/mol. The van der Waals surface area contributed by atoms with Crippen molar-refractivity contribution < 1.29 is 0 Å². The molecule has 1 N–H and O–H groups in total. The van der Waals surface area contributed by atoms with E-state index in [9.17, 15) is 0 Å². The lowest BCUT2D eigenvalue weighted by Gasteiger charge is -2.12. The highest BCUT2D eigenvalue weighted by atomic mass is 15.1. The van der Waals surface area contributed by atoms with Crippen LogP contribution in [0, 0.1) is 6.92 Å². The average molecular weight is 202 g/mol. The van der Waals surface area contributed by atoms with Crippen molar-refractivity contribution in [3.63, 3.8) is 0 Å². The number of nitrogens with zero attached hydrogens (tertiary/aromatic N) is 1. The molecule has 1 aromatic heterocycles. The first-order chi connectivity index (χ1) is 7.22. The number of fused-ring (bicyclic) bond motifs is 1. The minimum absolute atomic E-state index is 0.997. The highest BCUT2D eigenvalue weighted by molar-refractivity contribution is 5.84. The van der Waals surface area contributed by atoms with Crippen LogP contribution in [0.2, 0.25) is 0 Å². The van der Waals surface area contributed by atoms with Crippen LogP contribution in [0.4, 0.5) is 0 Å². The summed E-state index contributed by atoms with van der Waals surface area (Å²) in [6.45, 7) is 6.45. The molecule has 0 saturated carbocycles. The first-order valence-electron chi connectivity index (χ1n) is 5.47. The minimum Gasteiger partial charge on any atom is -0.357 e. The third kappa shape index (κ3) is 1.90. The van der Waals surface area contributed by atoms with Gasteiger partial charge in [-0.25, -0.2) is 0 Å². The van der Waals surface area contributed by atoms with Crippen molar-refractivity contribution in [1.82, 2.24) is 9.88 Å². The van der Waals surface area contributed by atoms with Crippen LogP contribution in [0.1, 0.15) is 18.2 Å². The van der Waals surface area contributed by atoms with Crippen LogP contribution in [0.3, 0.4) is 0 Å². The van der Waals surface area contributed by atoms with Crippen LogP contribution in [-0.2, 0) is 6.54 Å². The van der Waals surface area contributed by atoms with Crippen LogP contribution in [-0.4, -0.2) is 23.5 Å². The topological polar surface area (TPSA) is 19.0 Å². The number of rotatable bonds is 3. The number of nitrogens with one attached hydrogen (secondary N) is 1. The summed E-state index contributed by atoms with van der Waals surface area (Å²) in [7, 11) is 2.14. The standard InChI is InChI=1S/C13H18N2/c1-4-15(3)9-13-10(2)11-7-5-6-8-12(11)14-13/h5-8,14H,4,9H2,1-3H3. The lowest BCUT2D eigenvalue weighted by atomic mass is 10.1. The molecule has 0 unspecified atom stereocenters. The predicted molar refractivity (Wildman–Crippen MR) is 65.0 cm³/mol. The molecule has 2 heteroatoms. The van der Waals surface area contributed by atoms with Gasteiger partial charge >= 0.3 is 0 Å². The normalized spacial score (nSPS) is 11.5. The molecule has 0 radical (unpaired) electrons. The summed E-state index contributed by atoms with van der Waals surface area (Å²) in [5, 5.41) is 1.34. The van der Waals surface area contributed by atoms with Gasteiger partial charge in [0.1, 0.15) is 0 Å². The third-order valence-corrected chi connectivity index (χ3v) is 3.04. The van der Waals surface area contributed by atoms with Crippen LogP contribution < -0.4 is 0 Å². The van der Waals surface area contributed by atoms with Crippen molar-refractivity contribution in [2.45, 2.75) is 20.4 Å². The van der Waals surface area contributed by atoms with E-state index in [0.717, 1.165) is 13.1 Å². The van der Waals surface area contributed by atoms with E-state index in [1.54, 1.807) is 0 Å². The number of aromatic amines is 1. The van der Waals surface area contributed by atoms with E-state index in [1.165, 1.54) is 22.2 Å². The molecule has 0 atom stereocenters. The lowest BCUT2D eigenvalue weighted by molar-refractivity contribution is 0.341. The van der Waals surface area contributed by atoms with Gasteiger partial charge in [-0.2, -0.15) is 0 Å². The summed E-state index contributed by atoms with van der Waals surface area (Å²) >= 11 is 0. The molecule has 2 nitrogen and oxygen atoms in total. The van der Waals surface area contributed by atoms with Crippen molar-refractivity contribution >= 4 is 10.9 Å². The van der Waals surface area contributed by atoms with E-state index >= 15 is 0 Å². The van der Waals surface area contributed by atoms with Gasteiger partial charge in [0.2, 0.25) is 0 Å². The van der Waals surface area contributed by atoms with E-state index in [0.29, 0.717) is 0 Å². The van der Waals surface area contributed by atoms with Gasteiger partial charge in [-0.05, 0) is 32.1 Å². The first-order valence-corrected chi connectivity index (χ1v) is 5.47. The van der Waals surface area contributed by atoms with Crippen molar-refractivity contribution in [1.29, 1.82) is 0 Å². The molecular weight excluding hydrogens is 184 g/mol. The molecule has 2 aromatic rings. The Morgan fingerprint density at radius 2 is 2.00 bits per heavy atom. The highest BCUT2D eigenvalue weighted by Crippen LogP contribution is 2.21. The second kappa shape index (κ2) is 4.07. The Hall–Kier alpha value is -1.28. The Balaban J connectivity index is 2.40. The molecular formula is C13H18N2. The third-order valence-electron chi connectivity index (χ3n) is 3.04. The van der Waals surface area contributed by atoms with Gasteiger partial charge in [-0.15, -0.1) is 0 Å². The quantitative estimate of drug-likeness (QED) is 0.810. The average Bonchev–Trinajstić information content (AvgIpc) is 2.57. The Morgan fingerprint density at radius 1 is 1.27 bits per heavy atom. The van der Waals surface area contributed by atoms with Crippen molar-refractivity contribution in [3.05, 3.63) is 35.5 Å². The number of benzene rings is 1. The van der Waals surface area contributed by atoms with E-state index < -0.39 is 0 Å². The zero-order valence-corrected chi connectivity index (χ0v) is 9.67. The smallest absolute Gasteiger partial charge is 0.0459 e. The minimum atomic E-state index is 0.997. The molecule has 80 valence electrons. The van der Waals surface area contributed by atoms with Gasteiger partial charge in [0.15, 0.2) is 0 Å². The largest absolute Gasteiger partial charge is 0.357 e. The Morgan fingerprint density at radius 3 is 2.67 bits per heavy atom. The van der Waals surface area contributed by atoms with Gasteiger partial charge in [-0.3, -0.25) is 0 Å². The Kier molecular flexibility index (Phi) is 2.78. The summed E-state index contributed by atoms with van der Waals surface area (Å²) < 4.78 is 0. The lowest BCUT2D eigenvalue weighted by Crippen LogP contribution is -2.17. The van der Waals surface area contributed by atoms with Gasteiger partial charge < -0.3 is 9.88 Å². The highest BCUT2D eigenvalue weighted by Gasteiger charge is 2.07. The molecule has 0 aliphatic rings. The van der Waals surface area contributed by atoms with Crippen molar-refractivity contribution in [2.24, 2.45) is 0 Å². The van der Waals surface area contributed by atoms with Gasteiger partial charge in [0.05, 0.1) is 0 Å². The molecule has 0 spiro atoms. The molecule has 0 saturated heterocycles. The van der Waals surface area contributed by atoms with Gasteiger partial charge in [0.25, 0.3) is 0 Å². The summed E-state index contributed by atoms with van der Waals surface area (Å²) in [5.74, 6) is 0. The van der Waals surface area contributed by atoms with Crippen LogP contribution in [0.5, 0.6) is 0 Å². The fourth-order valence-corrected chi connectivity index (χ4v) is 1.88. The number of hydrogen-bond donors (Lipinski definition) is 1. The summed E-state index contributed by atoms with van der Waals surface area (Å²) in [5.41, 5.74) is 3.96. The summed E-state index contributed by atoms with van der Waals surface area (Å²) in [6.07, 6.45) is 0. The molecule has 0 aliphatic heterocycles. The number of H-pyrrole nitrogens is 1. The zero-order valence-electron chi connectivity index (χ0n) is 9.67. The van der Waals surface area contributed by atoms with E-state index in [1.807, 2.05) is 0 Å². The van der Waals surface area contributed by atoms with E-state index in [2.05, 4.69) is 55.0 Å². The van der Waals surface area contributed by atoms with E-state index in [4.69, 9.17) is 0 Å². The fourth-order valence-electron chi connectivity index (χ4n) is 1.88. The van der Waals surface area contributed by atoms with E-state index in [-0.39, 0.29) is 0 Å². The second-order valence-electron chi connectivity index (χ2n) is 4.10. The van der Waals surface area contributed by atoms with Crippen LogP contribution in [0.15, 0.2) is 24.3 Å². The maximum atomic E-state index is 3.49. The molecule has 0 fully saturated rings. The van der Waals surface area contributed by atoms with Gasteiger partial charge in [-0.1, -0.05) is 25.1 Å². The molecule has 1 aromatic carbocycles. The number of aryl methyl sites for hydroxylation is 1. The summed E-state index contributed by atoms with van der Waals surface area (Å²) in [4.78, 5) is 5.79. The summed E-state index contributed by atoms with van der Waals surface area (Å²) in [6, 6.07) is 8.48. The molecule has 15 heavy (non-hydrogen) atoms. The maximum Gasteiger partial charge on any atom is 0.0459 e. The Labute approximate surface area is 90.9 Å². The predicted octanol–water partition coefficient (Wildman–Crippen LogP) is 2.93. The number of para-hydroxylation sites is 1. The molecule has 0 amide bonds. The first kappa shape index (κ1) is 10.2. The Bertz CT molecular complexity index is 457. The number of aromatic nitrogens is 1. The van der Waals surface area contributed by atoms with Crippen molar-refractivity contribution in [2.75, 3.05) is 13.6 Å². The molecule has 0 aliphatic carbocycles. The van der Waals surface area contributed by atoms with Crippen LogP contribution in [0.25, 0.3) is 10.9 Å². The maximum absolute atomic E-state index is 3.49. The SMILES string of the molecule is CCN(C)Cc1[nH]c2ccccc2c1C. The van der Waals surface area contributed by atoms with Gasteiger partial charge in [0, 0.05) is 23.1 Å². The van der Waals surface area contributed by atoms with Crippen LogP contribution >= 0.6 is 0 Å². The second-order valence-corrected chi connectivity index (χ2v) is 4.10.